The number of ether oxygens (including phenoxy) is 1. The first-order chi connectivity index (χ1) is 10.1. The number of para-hydroxylation sites is 1. The van der Waals surface area contributed by atoms with E-state index in [0.29, 0.717) is 6.42 Å². The van der Waals surface area contributed by atoms with E-state index in [1.54, 1.807) is 0 Å². The second-order valence-electron chi connectivity index (χ2n) is 5.34. The van der Waals surface area contributed by atoms with Crippen LogP contribution in [-0.4, -0.2) is 39.5 Å². The van der Waals surface area contributed by atoms with Crippen molar-refractivity contribution in [1.82, 2.24) is 4.57 Å². The molecule has 3 rings (SSSR count). The standard InChI is InChI=1S/C15H18N2O4/c16-14(20)5-9-7-17(11-4-2-1-3-10(9)11)15-6-12(19)13(8-18)21-15/h1-4,7,12-13,15,18-19H,5-6,8H2,(H2,16,20)/t12-,13+,15+/m0/s1. The van der Waals surface area contributed by atoms with E-state index in [9.17, 15) is 15.0 Å². The van der Waals surface area contributed by atoms with Gasteiger partial charge in [0.1, 0.15) is 12.3 Å². The molecule has 1 saturated heterocycles. The molecule has 0 spiro atoms. The van der Waals surface area contributed by atoms with E-state index < -0.39 is 18.1 Å². The van der Waals surface area contributed by atoms with E-state index in [4.69, 9.17) is 10.5 Å². The maximum absolute atomic E-state index is 11.2. The molecule has 0 bridgehead atoms. The number of hydrogen-bond donors (Lipinski definition) is 3. The molecule has 2 heterocycles. The van der Waals surface area contributed by atoms with Gasteiger partial charge in [0.15, 0.2) is 0 Å². The molecule has 1 aliphatic heterocycles. The van der Waals surface area contributed by atoms with Crippen LogP contribution in [0.3, 0.4) is 0 Å². The molecule has 0 aliphatic carbocycles. The van der Waals surface area contributed by atoms with E-state index in [2.05, 4.69) is 0 Å². The molecule has 0 unspecified atom stereocenters. The van der Waals surface area contributed by atoms with Gasteiger partial charge in [0, 0.05) is 18.0 Å². The van der Waals surface area contributed by atoms with Crippen molar-refractivity contribution in [2.24, 2.45) is 5.73 Å². The second-order valence-corrected chi connectivity index (χ2v) is 5.34. The average molecular weight is 290 g/mol. The Morgan fingerprint density at radius 2 is 2.19 bits per heavy atom. The number of nitrogens with zero attached hydrogens (tertiary/aromatic N) is 1. The van der Waals surface area contributed by atoms with Gasteiger partial charge in [-0.2, -0.15) is 0 Å². The molecule has 3 atom stereocenters. The van der Waals surface area contributed by atoms with Gasteiger partial charge >= 0.3 is 0 Å². The summed E-state index contributed by atoms with van der Waals surface area (Å²) in [4.78, 5) is 11.2. The van der Waals surface area contributed by atoms with Crippen LogP contribution in [0.5, 0.6) is 0 Å². The largest absolute Gasteiger partial charge is 0.394 e. The van der Waals surface area contributed by atoms with Crippen LogP contribution in [0.2, 0.25) is 0 Å². The number of fused-ring (bicyclic) bond motifs is 1. The van der Waals surface area contributed by atoms with Gasteiger partial charge < -0.3 is 25.3 Å². The van der Waals surface area contributed by atoms with E-state index in [-0.39, 0.29) is 19.3 Å². The fourth-order valence-electron chi connectivity index (χ4n) is 2.89. The van der Waals surface area contributed by atoms with Crippen molar-refractivity contribution in [3.05, 3.63) is 36.0 Å². The number of aliphatic hydroxyl groups is 2. The number of primary amides is 1. The van der Waals surface area contributed by atoms with Crippen LogP contribution in [0.1, 0.15) is 18.2 Å². The van der Waals surface area contributed by atoms with Crippen LogP contribution in [0, 0.1) is 0 Å². The summed E-state index contributed by atoms with van der Waals surface area (Å²) in [5.74, 6) is -0.390. The molecule has 4 N–H and O–H groups in total. The van der Waals surface area contributed by atoms with Crippen molar-refractivity contribution in [3.63, 3.8) is 0 Å². The number of carbonyl (C=O) groups is 1. The van der Waals surface area contributed by atoms with Gasteiger partial charge in [-0.3, -0.25) is 4.79 Å². The molecule has 1 aromatic carbocycles. The van der Waals surface area contributed by atoms with E-state index in [1.165, 1.54) is 0 Å². The smallest absolute Gasteiger partial charge is 0.221 e. The number of hydrogen-bond acceptors (Lipinski definition) is 4. The Hall–Kier alpha value is -1.89. The zero-order valence-corrected chi connectivity index (χ0v) is 11.5. The summed E-state index contributed by atoms with van der Waals surface area (Å²) in [7, 11) is 0. The number of benzene rings is 1. The number of aromatic nitrogens is 1. The molecule has 1 aliphatic rings. The molecular formula is C15H18N2O4. The highest BCUT2D eigenvalue weighted by atomic mass is 16.5. The summed E-state index contributed by atoms with van der Waals surface area (Å²) in [6.07, 6.45) is 0.777. The van der Waals surface area contributed by atoms with Crippen LogP contribution in [-0.2, 0) is 16.0 Å². The molecule has 2 aromatic rings. The summed E-state index contributed by atoms with van der Waals surface area (Å²) in [5.41, 5.74) is 7.05. The van der Waals surface area contributed by atoms with Crippen molar-refractivity contribution in [3.8, 4) is 0 Å². The lowest BCUT2D eigenvalue weighted by molar-refractivity contribution is -0.117. The third-order valence-electron chi connectivity index (χ3n) is 3.88. The van der Waals surface area contributed by atoms with Crippen LogP contribution in [0.25, 0.3) is 10.9 Å². The Balaban J connectivity index is 2.01. The molecule has 1 amide bonds. The summed E-state index contributed by atoms with van der Waals surface area (Å²) in [6.45, 7) is -0.217. The van der Waals surface area contributed by atoms with Crippen molar-refractivity contribution in [2.75, 3.05) is 6.61 Å². The topological polar surface area (TPSA) is 97.7 Å². The first-order valence-electron chi connectivity index (χ1n) is 6.91. The average Bonchev–Trinajstić information content (AvgIpc) is 3.00. The van der Waals surface area contributed by atoms with Crippen LogP contribution in [0.15, 0.2) is 30.5 Å². The summed E-state index contributed by atoms with van der Waals surface area (Å²) in [5, 5.41) is 20.0. The summed E-state index contributed by atoms with van der Waals surface area (Å²) in [6, 6.07) is 7.67. The molecule has 1 aromatic heterocycles. The molecule has 0 radical (unpaired) electrons. The van der Waals surface area contributed by atoms with Gasteiger partial charge in [0.2, 0.25) is 5.91 Å². The molecule has 21 heavy (non-hydrogen) atoms. The Kier molecular flexibility index (Phi) is 3.67. The molecule has 112 valence electrons. The fraction of sp³-hybridized carbons (Fsp3) is 0.400. The zero-order valence-electron chi connectivity index (χ0n) is 11.5. The first kappa shape index (κ1) is 14.1. The highest BCUT2D eigenvalue weighted by molar-refractivity contribution is 5.88. The lowest BCUT2D eigenvalue weighted by Gasteiger charge is -2.14. The van der Waals surface area contributed by atoms with Crippen LogP contribution < -0.4 is 5.73 Å². The number of rotatable bonds is 4. The van der Waals surface area contributed by atoms with Gasteiger partial charge in [-0.05, 0) is 11.6 Å². The highest BCUT2D eigenvalue weighted by Crippen LogP contribution is 2.33. The van der Waals surface area contributed by atoms with Gasteiger partial charge in [-0.15, -0.1) is 0 Å². The normalized spacial score (nSPS) is 25.5. The maximum atomic E-state index is 11.2. The predicted molar refractivity (Wildman–Crippen MR) is 76.5 cm³/mol. The molecule has 6 nitrogen and oxygen atoms in total. The lowest BCUT2D eigenvalue weighted by atomic mass is 10.1. The third kappa shape index (κ3) is 2.53. The molecule has 1 fully saturated rings. The van der Waals surface area contributed by atoms with E-state index in [1.807, 2.05) is 35.0 Å². The van der Waals surface area contributed by atoms with Crippen molar-refractivity contribution >= 4 is 16.8 Å². The summed E-state index contributed by atoms with van der Waals surface area (Å²) < 4.78 is 7.58. The molecular weight excluding hydrogens is 272 g/mol. The van der Waals surface area contributed by atoms with Crippen molar-refractivity contribution in [1.29, 1.82) is 0 Å². The number of aliphatic hydroxyl groups excluding tert-OH is 2. The van der Waals surface area contributed by atoms with Gasteiger partial charge in [-0.1, -0.05) is 18.2 Å². The Bertz CT molecular complexity index is 667. The maximum Gasteiger partial charge on any atom is 0.221 e. The van der Waals surface area contributed by atoms with Crippen molar-refractivity contribution < 1.29 is 19.7 Å². The summed E-state index contributed by atoms with van der Waals surface area (Å²) >= 11 is 0. The second kappa shape index (κ2) is 5.48. The Morgan fingerprint density at radius 3 is 2.86 bits per heavy atom. The van der Waals surface area contributed by atoms with Gasteiger partial charge in [0.25, 0.3) is 0 Å². The third-order valence-corrected chi connectivity index (χ3v) is 3.88. The van der Waals surface area contributed by atoms with Crippen molar-refractivity contribution in [2.45, 2.75) is 31.3 Å². The Morgan fingerprint density at radius 1 is 1.43 bits per heavy atom. The minimum absolute atomic E-state index is 0.159. The number of carbonyl (C=O) groups excluding carboxylic acids is 1. The SMILES string of the molecule is NC(=O)Cc1cn([C@H]2C[C@H](O)[C@@H](CO)O2)c2ccccc12. The fourth-order valence-corrected chi connectivity index (χ4v) is 2.89. The van der Waals surface area contributed by atoms with E-state index >= 15 is 0 Å². The van der Waals surface area contributed by atoms with Gasteiger partial charge in [0.05, 0.1) is 24.6 Å². The van der Waals surface area contributed by atoms with E-state index in [0.717, 1.165) is 16.5 Å². The predicted octanol–water partition coefficient (Wildman–Crippen LogP) is 0.310. The quantitative estimate of drug-likeness (QED) is 0.755. The lowest BCUT2D eigenvalue weighted by Crippen LogP contribution is -2.24. The van der Waals surface area contributed by atoms with Gasteiger partial charge in [-0.25, -0.2) is 0 Å². The minimum atomic E-state index is -0.694. The first-order valence-corrected chi connectivity index (χ1v) is 6.91. The number of nitrogens with two attached hydrogens (primary N) is 1. The van der Waals surface area contributed by atoms with Crippen LogP contribution in [0.4, 0.5) is 0 Å². The minimum Gasteiger partial charge on any atom is -0.394 e. The van der Waals surface area contributed by atoms with Crippen LogP contribution >= 0.6 is 0 Å². The monoisotopic (exact) mass is 290 g/mol. The number of amides is 1. The molecule has 6 heteroatoms. The highest BCUT2D eigenvalue weighted by Gasteiger charge is 2.35. The zero-order chi connectivity index (χ0) is 15.0. The molecule has 0 saturated carbocycles. The Labute approximate surface area is 121 Å².